The molecule has 18 heavy (non-hydrogen) atoms. The Labute approximate surface area is 117 Å². The highest BCUT2D eigenvalue weighted by molar-refractivity contribution is 6.42. The molecular formula is C14H16Cl2O2. The maximum Gasteiger partial charge on any atom is 0.309 e. The van der Waals surface area contributed by atoms with Crippen molar-refractivity contribution in [1.82, 2.24) is 0 Å². The van der Waals surface area contributed by atoms with Crippen molar-refractivity contribution >= 4 is 29.2 Å². The standard InChI is InChI=1S/C14H16Cl2O2/c1-18-14(17)11-5-3-2-4-10(11)9-6-7-12(15)13(16)8-9/h6-8,10-11H,2-5H2,1H3. The number of carbonyl (C=O) groups is 1. The van der Waals surface area contributed by atoms with Crippen molar-refractivity contribution in [1.29, 1.82) is 0 Å². The van der Waals surface area contributed by atoms with Gasteiger partial charge in [0.2, 0.25) is 0 Å². The van der Waals surface area contributed by atoms with Crippen molar-refractivity contribution in [2.45, 2.75) is 31.6 Å². The van der Waals surface area contributed by atoms with Gasteiger partial charge in [-0.25, -0.2) is 0 Å². The Balaban J connectivity index is 2.27. The summed E-state index contributed by atoms with van der Waals surface area (Å²) in [6, 6.07) is 5.62. The van der Waals surface area contributed by atoms with Gasteiger partial charge in [0.05, 0.1) is 23.1 Å². The molecule has 4 heteroatoms. The van der Waals surface area contributed by atoms with E-state index in [9.17, 15) is 4.79 Å². The number of rotatable bonds is 2. The van der Waals surface area contributed by atoms with Crippen LogP contribution in [0.25, 0.3) is 0 Å². The van der Waals surface area contributed by atoms with Crippen LogP contribution in [0, 0.1) is 5.92 Å². The van der Waals surface area contributed by atoms with E-state index in [4.69, 9.17) is 27.9 Å². The van der Waals surface area contributed by atoms with Crippen LogP contribution in [-0.4, -0.2) is 13.1 Å². The summed E-state index contributed by atoms with van der Waals surface area (Å²) in [7, 11) is 1.45. The SMILES string of the molecule is COC(=O)C1CCCCC1c1ccc(Cl)c(Cl)c1. The van der Waals surface area contributed by atoms with E-state index in [2.05, 4.69) is 0 Å². The van der Waals surface area contributed by atoms with Crippen LogP contribution in [0.3, 0.4) is 0 Å². The monoisotopic (exact) mass is 286 g/mol. The first-order valence-corrected chi connectivity index (χ1v) is 6.92. The Morgan fingerprint density at radius 1 is 1.22 bits per heavy atom. The number of halogens is 2. The zero-order valence-electron chi connectivity index (χ0n) is 10.3. The van der Waals surface area contributed by atoms with Crippen LogP contribution in [0.4, 0.5) is 0 Å². The lowest BCUT2D eigenvalue weighted by molar-refractivity contribution is -0.147. The van der Waals surface area contributed by atoms with Gasteiger partial charge in [0.1, 0.15) is 0 Å². The number of hydrogen-bond donors (Lipinski definition) is 0. The topological polar surface area (TPSA) is 26.3 Å². The summed E-state index contributed by atoms with van der Waals surface area (Å²) in [5.41, 5.74) is 1.08. The van der Waals surface area contributed by atoms with Crippen LogP contribution in [0.5, 0.6) is 0 Å². The summed E-state index contributed by atoms with van der Waals surface area (Å²) in [4.78, 5) is 11.8. The van der Waals surface area contributed by atoms with Gasteiger partial charge in [0.25, 0.3) is 0 Å². The average molecular weight is 287 g/mol. The van der Waals surface area contributed by atoms with Gasteiger partial charge in [0.15, 0.2) is 0 Å². The van der Waals surface area contributed by atoms with Gasteiger partial charge in [-0.05, 0) is 36.5 Å². The van der Waals surface area contributed by atoms with E-state index in [1.807, 2.05) is 12.1 Å². The molecular weight excluding hydrogens is 271 g/mol. The van der Waals surface area contributed by atoms with E-state index in [0.29, 0.717) is 10.0 Å². The fourth-order valence-electron chi connectivity index (χ4n) is 2.71. The molecule has 2 rings (SSSR count). The summed E-state index contributed by atoms with van der Waals surface area (Å²) < 4.78 is 4.90. The van der Waals surface area contributed by atoms with E-state index >= 15 is 0 Å². The van der Waals surface area contributed by atoms with Gasteiger partial charge in [-0.1, -0.05) is 42.1 Å². The fourth-order valence-corrected chi connectivity index (χ4v) is 3.01. The second-order valence-corrected chi connectivity index (χ2v) is 5.51. The molecule has 2 atom stereocenters. The predicted octanol–water partition coefficient (Wildman–Crippen LogP) is 4.44. The molecule has 2 unspecified atom stereocenters. The van der Waals surface area contributed by atoms with Crippen LogP contribution in [0.1, 0.15) is 37.2 Å². The number of methoxy groups -OCH3 is 1. The number of benzene rings is 1. The highest BCUT2D eigenvalue weighted by Gasteiger charge is 2.32. The number of hydrogen-bond acceptors (Lipinski definition) is 2. The van der Waals surface area contributed by atoms with E-state index in [1.54, 1.807) is 6.07 Å². The molecule has 0 amide bonds. The second kappa shape index (κ2) is 5.94. The molecule has 1 aromatic rings. The smallest absolute Gasteiger partial charge is 0.309 e. The molecule has 0 radical (unpaired) electrons. The molecule has 1 aromatic carbocycles. The average Bonchev–Trinajstić information content (AvgIpc) is 2.41. The fraction of sp³-hybridized carbons (Fsp3) is 0.500. The molecule has 0 spiro atoms. The molecule has 0 N–H and O–H groups in total. The molecule has 1 saturated carbocycles. The number of carbonyl (C=O) groups excluding carboxylic acids is 1. The van der Waals surface area contributed by atoms with Crippen molar-refractivity contribution in [2.75, 3.05) is 7.11 Å². The van der Waals surface area contributed by atoms with Crippen molar-refractivity contribution in [3.63, 3.8) is 0 Å². The summed E-state index contributed by atoms with van der Waals surface area (Å²) >= 11 is 12.0. The Kier molecular flexibility index (Phi) is 4.52. The minimum Gasteiger partial charge on any atom is -0.469 e. The summed E-state index contributed by atoms with van der Waals surface area (Å²) in [6.07, 6.45) is 4.10. The van der Waals surface area contributed by atoms with E-state index in [-0.39, 0.29) is 17.8 Å². The number of esters is 1. The summed E-state index contributed by atoms with van der Waals surface area (Å²) in [5.74, 6) is 0.0210. The number of ether oxygens (including phenoxy) is 1. The Morgan fingerprint density at radius 2 is 1.94 bits per heavy atom. The van der Waals surface area contributed by atoms with Crippen LogP contribution in [0.2, 0.25) is 10.0 Å². The first-order chi connectivity index (χ1) is 8.63. The van der Waals surface area contributed by atoms with Gasteiger partial charge in [-0.2, -0.15) is 0 Å². The maximum atomic E-state index is 11.8. The predicted molar refractivity (Wildman–Crippen MR) is 73.2 cm³/mol. The molecule has 2 nitrogen and oxygen atoms in total. The second-order valence-electron chi connectivity index (χ2n) is 4.69. The zero-order chi connectivity index (χ0) is 13.1. The molecule has 1 fully saturated rings. The molecule has 0 heterocycles. The first-order valence-electron chi connectivity index (χ1n) is 6.16. The lowest BCUT2D eigenvalue weighted by Crippen LogP contribution is -2.26. The Bertz CT molecular complexity index is 445. The van der Waals surface area contributed by atoms with Gasteiger partial charge >= 0.3 is 5.97 Å². The molecule has 1 aliphatic rings. The van der Waals surface area contributed by atoms with Crippen LogP contribution in [-0.2, 0) is 9.53 Å². The first kappa shape index (κ1) is 13.7. The van der Waals surface area contributed by atoms with Gasteiger partial charge < -0.3 is 4.74 Å². The van der Waals surface area contributed by atoms with Crippen LogP contribution in [0.15, 0.2) is 18.2 Å². The van der Waals surface area contributed by atoms with E-state index < -0.39 is 0 Å². The third-order valence-electron chi connectivity index (χ3n) is 3.64. The van der Waals surface area contributed by atoms with E-state index in [1.165, 1.54) is 7.11 Å². The Hall–Kier alpha value is -0.730. The van der Waals surface area contributed by atoms with Crippen molar-refractivity contribution in [3.05, 3.63) is 33.8 Å². The quantitative estimate of drug-likeness (QED) is 0.752. The molecule has 0 bridgehead atoms. The molecule has 0 saturated heterocycles. The minimum absolute atomic E-state index is 0.0546. The third kappa shape index (κ3) is 2.81. The largest absolute Gasteiger partial charge is 0.469 e. The van der Waals surface area contributed by atoms with Crippen LogP contribution < -0.4 is 0 Å². The van der Waals surface area contributed by atoms with Crippen LogP contribution >= 0.6 is 23.2 Å². The van der Waals surface area contributed by atoms with Crippen molar-refractivity contribution < 1.29 is 9.53 Å². The third-order valence-corrected chi connectivity index (χ3v) is 4.38. The molecule has 1 aliphatic carbocycles. The normalized spacial score (nSPS) is 23.7. The zero-order valence-corrected chi connectivity index (χ0v) is 11.8. The lowest BCUT2D eigenvalue weighted by Gasteiger charge is -2.30. The highest BCUT2D eigenvalue weighted by atomic mass is 35.5. The molecule has 0 aromatic heterocycles. The van der Waals surface area contributed by atoms with Gasteiger partial charge in [-0.15, -0.1) is 0 Å². The maximum absolute atomic E-state index is 11.8. The van der Waals surface area contributed by atoms with Crippen molar-refractivity contribution in [2.24, 2.45) is 5.92 Å². The lowest BCUT2D eigenvalue weighted by atomic mass is 9.75. The highest BCUT2D eigenvalue weighted by Crippen LogP contribution is 2.40. The minimum atomic E-state index is -0.120. The Morgan fingerprint density at radius 3 is 2.61 bits per heavy atom. The van der Waals surface area contributed by atoms with Gasteiger partial charge in [-0.3, -0.25) is 4.79 Å². The van der Waals surface area contributed by atoms with E-state index in [0.717, 1.165) is 31.2 Å². The molecule has 98 valence electrons. The molecule has 0 aliphatic heterocycles. The summed E-state index contributed by atoms with van der Waals surface area (Å²) in [6.45, 7) is 0. The van der Waals surface area contributed by atoms with Crippen molar-refractivity contribution in [3.8, 4) is 0 Å². The summed E-state index contributed by atoms with van der Waals surface area (Å²) in [5, 5.41) is 1.09. The van der Waals surface area contributed by atoms with Gasteiger partial charge in [0, 0.05) is 0 Å².